The average molecular weight is 414 g/mol. The molecule has 1 aliphatic heterocycles. The van der Waals surface area contributed by atoms with Crippen molar-refractivity contribution in [2.75, 3.05) is 11.9 Å². The smallest absolute Gasteiger partial charge is 0.226 e. The van der Waals surface area contributed by atoms with Crippen LogP contribution in [0.25, 0.3) is 11.2 Å². The minimum absolute atomic E-state index is 0.109. The summed E-state index contributed by atoms with van der Waals surface area (Å²) in [5.74, 6) is -0.0318. The summed E-state index contributed by atoms with van der Waals surface area (Å²) in [5.41, 5.74) is 0.514. The number of imidazole rings is 1. The number of rotatable bonds is 8. The molecular weight excluding hydrogens is 390 g/mol. The predicted octanol–water partition coefficient (Wildman–Crippen LogP) is 1.00. The number of aliphatic hydroxyl groups is 3. The Balaban J connectivity index is 1.82. The van der Waals surface area contributed by atoms with Gasteiger partial charge in [-0.15, -0.1) is 0 Å². The highest BCUT2D eigenvalue weighted by Crippen LogP contribution is 2.32. The summed E-state index contributed by atoms with van der Waals surface area (Å²) < 4.78 is 6.90. The number of carbonyl (C=O) groups excluding carboxylic acids is 1. The van der Waals surface area contributed by atoms with Gasteiger partial charge in [0, 0.05) is 6.42 Å². The third-order valence-corrected chi connectivity index (χ3v) is 4.87. The lowest BCUT2D eigenvalue weighted by atomic mass is 10.1. The topological polar surface area (TPSA) is 143 Å². The molecule has 1 aliphatic rings. The monoisotopic (exact) mass is 413 g/mol. The van der Waals surface area contributed by atoms with E-state index in [1.807, 2.05) is 0 Å². The van der Waals surface area contributed by atoms with Crippen LogP contribution in [0.4, 0.5) is 5.82 Å². The highest BCUT2D eigenvalue weighted by molar-refractivity contribution is 6.28. The first-order chi connectivity index (χ1) is 13.5. The van der Waals surface area contributed by atoms with Gasteiger partial charge in [-0.3, -0.25) is 9.36 Å². The van der Waals surface area contributed by atoms with Gasteiger partial charge < -0.3 is 25.4 Å². The van der Waals surface area contributed by atoms with Crippen molar-refractivity contribution < 1.29 is 24.9 Å². The van der Waals surface area contributed by atoms with E-state index in [1.165, 1.54) is 10.9 Å². The summed E-state index contributed by atoms with van der Waals surface area (Å²) >= 11 is 6.00. The van der Waals surface area contributed by atoms with E-state index < -0.39 is 31.1 Å². The molecule has 11 heteroatoms. The highest BCUT2D eigenvalue weighted by Gasteiger charge is 2.44. The third-order valence-electron chi connectivity index (χ3n) is 4.70. The molecule has 2 aromatic rings. The standard InChI is InChI=1S/C17H24ClN5O5/c1-2-3-4-5-6-10(25)20-14-11-15(22-17(18)21-14)23(8-19-11)16-13(27)12(26)9(7-24)28-16/h8-9,12-13,16,24,26-27H,2-7H2,1H3,(H,20,21,22,25). The van der Waals surface area contributed by atoms with E-state index in [0.717, 1.165) is 25.7 Å². The van der Waals surface area contributed by atoms with Gasteiger partial charge in [-0.25, -0.2) is 4.98 Å². The van der Waals surface area contributed by atoms with Gasteiger partial charge in [0.25, 0.3) is 0 Å². The van der Waals surface area contributed by atoms with Gasteiger partial charge in [-0.05, 0) is 18.0 Å². The number of hydrogen-bond acceptors (Lipinski definition) is 8. The number of halogens is 1. The molecule has 154 valence electrons. The molecule has 4 unspecified atom stereocenters. The zero-order valence-electron chi connectivity index (χ0n) is 15.5. The van der Waals surface area contributed by atoms with Crippen LogP contribution < -0.4 is 5.32 Å². The fraction of sp³-hybridized carbons (Fsp3) is 0.647. The van der Waals surface area contributed by atoms with Gasteiger partial charge in [0.1, 0.15) is 18.3 Å². The van der Waals surface area contributed by atoms with E-state index in [0.29, 0.717) is 6.42 Å². The Bertz CT molecular complexity index is 832. The van der Waals surface area contributed by atoms with E-state index in [9.17, 15) is 20.1 Å². The molecule has 0 radical (unpaired) electrons. The van der Waals surface area contributed by atoms with Gasteiger partial charge in [0.15, 0.2) is 23.2 Å². The normalized spacial score (nSPS) is 24.8. The number of nitrogens with one attached hydrogen (secondary N) is 1. The van der Waals surface area contributed by atoms with Crippen LogP contribution in [0.2, 0.25) is 5.28 Å². The second-order valence-corrected chi connectivity index (χ2v) is 7.09. The first-order valence-corrected chi connectivity index (χ1v) is 9.66. The Labute approximate surface area is 166 Å². The molecule has 0 aliphatic carbocycles. The summed E-state index contributed by atoms with van der Waals surface area (Å²) in [4.78, 5) is 24.6. The minimum Gasteiger partial charge on any atom is -0.394 e. The van der Waals surface area contributed by atoms with Crippen LogP contribution in [0.1, 0.15) is 45.3 Å². The molecule has 4 atom stereocenters. The number of unbranched alkanes of at least 4 members (excludes halogenated alkanes) is 3. The van der Waals surface area contributed by atoms with Crippen molar-refractivity contribution in [1.29, 1.82) is 0 Å². The Kier molecular flexibility index (Phi) is 6.78. The number of nitrogens with zero attached hydrogens (tertiary/aromatic N) is 4. The highest BCUT2D eigenvalue weighted by atomic mass is 35.5. The Hall–Kier alpha value is -1.85. The molecule has 1 amide bonds. The molecule has 3 heterocycles. The molecule has 0 spiro atoms. The van der Waals surface area contributed by atoms with Gasteiger partial charge >= 0.3 is 0 Å². The third kappa shape index (κ3) is 4.26. The molecular formula is C17H24ClN5O5. The van der Waals surface area contributed by atoms with Crippen LogP contribution in [0.3, 0.4) is 0 Å². The molecule has 1 saturated heterocycles. The Morgan fingerprint density at radius 1 is 1.29 bits per heavy atom. The van der Waals surface area contributed by atoms with Gasteiger partial charge in [-0.2, -0.15) is 9.97 Å². The number of hydrogen-bond donors (Lipinski definition) is 4. The minimum atomic E-state index is -1.29. The molecule has 3 rings (SSSR count). The molecule has 0 bridgehead atoms. The molecule has 2 aromatic heterocycles. The number of anilines is 1. The van der Waals surface area contributed by atoms with Crippen molar-refractivity contribution in [1.82, 2.24) is 19.5 Å². The SMILES string of the molecule is CCCCCCC(=O)Nc1nc(Cl)nc2c1ncn2C1OC(CO)C(O)C1O. The summed E-state index contributed by atoms with van der Waals surface area (Å²) in [6.45, 7) is 1.65. The van der Waals surface area contributed by atoms with E-state index in [4.69, 9.17) is 16.3 Å². The first-order valence-electron chi connectivity index (χ1n) is 9.28. The van der Waals surface area contributed by atoms with Crippen molar-refractivity contribution in [3.8, 4) is 0 Å². The average Bonchev–Trinajstić information content (AvgIpc) is 3.20. The Morgan fingerprint density at radius 3 is 2.75 bits per heavy atom. The van der Waals surface area contributed by atoms with E-state index in [2.05, 4.69) is 27.2 Å². The van der Waals surface area contributed by atoms with E-state index >= 15 is 0 Å². The number of carbonyl (C=O) groups is 1. The van der Waals surface area contributed by atoms with E-state index in [1.54, 1.807) is 0 Å². The van der Waals surface area contributed by atoms with Crippen molar-refractivity contribution in [3.05, 3.63) is 11.6 Å². The van der Waals surface area contributed by atoms with Crippen LogP contribution >= 0.6 is 11.6 Å². The van der Waals surface area contributed by atoms with E-state index in [-0.39, 0.29) is 28.2 Å². The lowest BCUT2D eigenvalue weighted by molar-refractivity contribution is -0.116. The van der Waals surface area contributed by atoms with Crippen molar-refractivity contribution in [2.45, 2.75) is 63.6 Å². The first kappa shape index (κ1) is 20.9. The van der Waals surface area contributed by atoms with Gasteiger partial charge in [0.2, 0.25) is 11.2 Å². The van der Waals surface area contributed by atoms with Crippen LogP contribution in [0, 0.1) is 0 Å². The molecule has 28 heavy (non-hydrogen) atoms. The van der Waals surface area contributed by atoms with Crippen molar-refractivity contribution in [3.63, 3.8) is 0 Å². The maximum atomic E-state index is 12.2. The summed E-state index contributed by atoms with van der Waals surface area (Å²) in [6.07, 6.45) is 1.13. The van der Waals surface area contributed by atoms with Gasteiger partial charge in [0.05, 0.1) is 12.9 Å². The maximum absolute atomic E-state index is 12.2. The molecule has 0 saturated carbocycles. The molecule has 4 N–H and O–H groups in total. The number of ether oxygens (including phenoxy) is 1. The Morgan fingerprint density at radius 2 is 2.07 bits per heavy atom. The van der Waals surface area contributed by atoms with Crippen LogP contribution in [-0.2, 0) is 9.53 Å². The molecule has 1 fully saturated rings. The van der Waals surface area contributed by atoms with Crippen LogP contribution in [-0.4, -0.2) is 65.7 Å². The summed E-state index contributed by atoms with van der Waals surface area (Å²) in [7, 11) is 0. The lowest BCUT2D eigenvalue weighted by Crippen LogP contribution is -2.33. The second kappa shape index (κ2) is 9.10. The fourth-order valence-corrected chi connectivity index (χ4v) is 3.34. The zero-order valence-corrected chi connectivity index (χ0v) is 16.2. The predicted molar refractivity (Wildman–Crippen MR) is 101 cm³/mol. The quantitative estimate of drug-likeness (QED) is 0.370. The summed E-state index contributed by atoms with van der Waals surface area (Å²) in [5, 5.41) is 32.1. The summed E-state index contributed by atoms with van der Waals surface area (Å²) in [6, 6.07) is 0. The number of aromatic nitrogens is 4. The lowest BCUT2D eigenvalue weighted by Gasteiger charge is -2.16. The number of amides is 1. The largest absolute Gasteiger partial charge is 0.394 e. The number of fused-ring (bicyclic) bond motifs is 1. The van der Waals surface area contributed by atoms with Crippen LogP contribution in [0.15, 0.2) is 6.33 Å². The molecule has 10 nitrogen and oxygen atoms in total. The zero-order chi connectivity index (χ0) is 20.3. The second-order valence-electron chi connectivity index (χ2n) is 6.75. The van der Waals surface area contributed by atoms with Gasteiger partial charge in [-0.1, -0.05) is 26.2 Å². The van der Waals surface area contributed by atoms with Crippen LogP contribution in [0.5, 0.6) is 0 Å². The number of aliphatic hydroxyl groups excluding tert-OH is 3. The molecule has 0 aromatic carbocycles. The van der Waals surface area contributed by atoms with Crippen molar-refractivity contribution in [2.24, 2.45) is 0 Å². The van der Waals surface area contributed by atoms with Crippen molar-refractivity contribution >= 4 is 34.5 Å². The fourth-order valence-electron chi connectivity index (χ4n) is 3.18. The maximum Gasteiger partial charge on any atom is 0.226 e.